The number of amides is 2. The van der Waals surface area contributed by atoms with Crippen molar-refractivity contribution >= 4 is 66.7 Å². The zero-order valence-corrected chi connectivity index (χ0v) is 29.7. The summed E-state index contributed by atoms with van der Waals surface area (Å²) in [6, 6.07) is 26.4. The van der Waals surface area contributed by atoms with E-state index in [0.717, 1.165) is 15.4 Å². The number of hydrogen-bond donors (Lipinski definition) is 1. The van der Waals surface area contributed by atoms with Gasteiger partial charge >= 0.3 is 0 Å². The lowest BCUT2D eigenvalue weighted by Gasteiger charge is -2.34. The van der Waals surface area contributed by atoms with Gasteiger partial charge in [-0.2, -0.15) is 0 Å². The molecule has 7 nitrogen and oxygen atoms in total. The lowest BCUT2D eigenvalue weighted by molar-refractivity contribution is -0.140. The zero-order chi connectivity index (χ0) is 33.4. The molecule has 1 N–H and O–H groups in total. The van der Waals surface area contributed by atoms with E-state index in [9.17, 15) is 18.0 Å². The van der Waals surface area contributed by atoms with Gasteiger partial charge < -0.3 is 10.2 Å². The lowest BCUT2D eigenvalue weighted by Crippen LogP contribution is -2.54. The van der Waals surface area contributed by atoms with Gasteiger partial charge in [0.1, 0.15) is 12.6 Å². The first-order valence-electron chi connectivity index (χ1n) is 14.8. The number of rotatable bonds is 13. The molecule has 46 heavy (non-hydrogen) atoms. The Kier molecular flexibility index (Phi) is 12.3. The van der Waals surface area contributed by atoms with Gasteiger partial charge in [-0.05, 0) is 73.9 Å². The molecule has 0 saturated carbocycles. The second-order valence-corrected chi connectivity index (χ2v) is 14.7. The van der Waals surface area contributed by atoms with Gasteiger partial charge in [0.25, 0.3) is 10.0 Å². The Labute approximate surface area is 289 Å². The van der Waals surface area contributed by atoms with E-state index in [2.05, 4.69) is 21.2 Å². The minimum absolute atomic E-state index is 0.0357. The number of hydrogen-bond acceptors (Lipinski definition) is 4. The summed E-state index contributed by atoms with van der Waals surface area (Å²) < 4.78 is 30.1. The number of anilines is 1. The Bertz CT molecular complexity index is 1770. The van der Waals surface area contributed by atoms with Crippen molar-refractivity contribution in [1.82, 2.24) is 10.2 Å². The monoisotopic (exact) mass is 743 g/mol. The molecule has 2 amide bonds. The van der Waals surface area contributed by atoms with Crippen LogP contribution in [0.5, 0.6) is 0 Å². The highest BCUT2D eigenvalue weighted by Gasteiger charge is 2.35. The third-order valence-electron chi connectivity index (χ3n) is 7.61. The summed E-state index contributed by atoms with van der Waals surface area (Å²) in [5, 5.41) is 3.77. The van der Waals surface area contributed by atoms with E-state index in [-0.39, 0.29) is 35.5 Å². The summed E-state index contributed by atoms with van der Waals surface area (Å²) in [5.74, 6) is -0.936. The zero-order valence-electron chi connectivity index (χ0n) is 25.8. The fourth-order valence-electron chi connectivity index (χ4n) is 4.83. The van der Waals surface area contributed by atoms with E-state index in [1.807, 2.05) is 51.1 Å². The topological polar surface area (TPSA) is 86.8 Å². The largest absolute Gasteiger partial charge is 0.352 e. The maximum absolute atomic E-state index is 14.6. The van der Waals surface area contributed by atoms with Crippen molar-refractivity contribution in [2.45, 2.75) is 57.1 Å². The maximum atomic E-state index is 14.6. The number of benzene rings is 4. The molecule has 0 fully saturated rings. The van der Waals surface area contributed by atoms with Crippen molar-refractivity contribution in [2.75, 3.05) is 10.8 Å². The van der Waals surface area contributed by atoms with Gasteiger partial charge in [0.05, 0.1) is 10.6 Å². The van der Waals surface area contributed by atoms with Gasteiger partial charge in [-0.25, -0.2) is 8.42 Å². The molecule has 0 heterocycles. The molecule has 242 valence electrons. The lowest BCUT2D eigenvalue weighted by atomic mass is 10.0. The van der Waals surface area contributed by atoms with Crippen LogP contribution in [0.3, 0.4) is 0 Å². The number of aryl methyl sites for hydroxylation is 1. The van der Waals surface area contributed by atoms with Crippen LogP contribution < -0.4 is 9.62 Å². The van der Waals surface area contributed by atoms with Crippen molar-refractivity contribution in [2.24, 2.45) is 0 Å². The molecule has 2 unspecified atom stereocenters. The minimum atomic E-state index is -4.21. The van der Waals surface area contributed by atoms with Crippen LogP contribution in [-0.4, -0.2) is 43.8 Å². The second-order valence-electron chi connectivity index (χ2n) is 11.1. The summed E-state index contributed by atoms with van der Waals surface area (Å²) in [5.41, 5.74) is 2.58. The number of carbonyl (C=O) groups is 2. The quantitative estimate of drug-likeness (QED) is 0.151. The number of nitrogens with zero attached hydrogens (tertiary/aromatic N) is 2. The third kappa shape index (κ3) is 9.12. The molecule has 0 aliphatic carbocycles. The number of nitrogens with one attached hydrogen (secondary N) is 1. The molecular weight excluding hydrogens is 709 g/mol. The molecular formula is C35H36BrCl2N3O4S. The molecule has 11 heteroatoms. The Hall–Kier alpha value is -3.37. The van der Waals surface area contributed by atoms with Crippen LogP contribution in [0.1, 0.15) is 37.0 Å². The van der Waals surface area contributed by atoms with Crippen LogP contribution in [0.25, 0.3) is 0 Å². The standard InChI is InChI=1S/C35H36BrCl2N3O4S/c1-4-25(3)39-35(43)33(19-26-9-6-5-7-10-26)40(22-27-15-16-29(37)21-32(27)38)34(42)23-41(30-12-8-11-28(36)20-30)46(44,45)31-17-13-24(2)14-18-31/h5-18,20-21,25,33H,4,19,22-23H2,1-3H3,(H,39,43). The molecule has 0 saturated heterocycles. The molecule has 4 rings (SSSR count). The van der Waals surface area contributed by atoms with Crippen molar-refractivity contribution < 1.29 is 18.0 Å². The van der Waals surface area contributed by atoms with Gasteiger partial charge in [0, 0.05) is 33.5 Å². The SMILES string of the molecule is CCC(C)NC(=O)C(Cc1ccccc1)N(Cc1ccc(Cl)cc1Cl)C(=O)CN(c1cccc(Br)c1)S(=O)(=O)c1ccc(C)cc1. The highest BCUT2D eigenvalue weighted by atomic mass is 79.9. The predicted octanol–water partition coefficient (Wildman–Crippen LogP) is 7.81. The summed E-state index contributed by atoms with van der Waals surface area (Å²) >= 11 is 16.2. The maximum Gasteiger partial charge on any atom is 0.264 e. The van der Waals surface area contributed by atoms with E-state index in [1.54, 1.807) is 54.6 Å². The van der Waals surface area contributed by atoms with Crippen LogP contribution in [0.2, 0.25) is 10.0 Å². The van der Waals surface area contributed by atoms with Gasteiger partial charge in [0.15, 0.2) is 0 Å². The fraction of sp³-hybridized carbons (Fsp3) is 0.257. The number of sulfonamides is 1. The average molecular weight is 746 g/mol. The molecule has 0 radical (unpaired) electrons. The first-order chi connectivity index (χ1) is 21.9. The number of halogens is 3. The molecule has 0 aromatic heterocycles. The summed E-state index contributed by atoms with van der Waals surface area (Å²) in [6.07, 6.45) is 0.883. The van der Waals surface area contributed by atoms with E-state index in [0.29, 0.717) is 26.5 Å². The van der Waals surface area contributed by atoms with E-state index >= 15 is 0 Å². The smallest absolute Gasteiger partial charge is 0.264 e. The number of carbonyl (C=O) groups excluding carboxylic acids is 2. The third-order valence-corrected chi connectivity index (χ3v) is 10.5. The average Bonchev–Trinajstić information content (AvgIpc) is 3.02. The first-order valence-corrected chi connectivity index (χ1v) is 17.8. The van der Waals surface area contributed by atoms with Crippen LogP contribution in [-0.2, 0) is 32.6 Å². The van der Waals surface area contributed by atoms with Crippen molar-refractivity contribution in [3.63, 3.8) is 0 Å². The Morgan fingerprint density at radius 1 is 0.913 bits per heavy atom. The fourth-order valence-corrected chi connectivity index (χ4v) is 7.09. The molecule has 0 aliphatic rings. The van der Waals surface area contributed by atoms with Crippen molar-refractivity contribution in [3.05, 3.63) is 128 Å². The van der Waals surface area contributed by atoms with Crippen LogP contribution in [0.4, 0.5) is 5.69 Å². The first kappa shape index (κ1) is 35.5. The summed E-state index contributed by atoms with van der Waals surface area (Å²) in [4.78, 5) is 30.0. The van der Waals surface area contributed by atoms with Gasteiger partial charge in [-0.1, -0.05) is 106 Å². The molecule has 0 spiro atoms. The van der Waals surface area contributed by atoms with Gasteiger partial charge in [0.2, 0.25) is 11.8 Å². The van der Waals surface area contributed by atoms with Gasteiger partial charge in [-0.15, -0.1) is 0 Å². The normalized spacial score (nSPS) is 12.7. The minimum Gasteiger partial charge on any atom is -0.352 e. The predicted molar refractivity (Wildman–Crippen MR) is 189 cm³/mol. The Morgan fingerprint density at radius 3 is 2.24 bits per heavy atom. The molecule has 4 aromatic rings. The summed E-state index contributed by atoms with van der Waals surface area (Å²) in [6.45, 7) is 5.09. The van der Waals surface area contributed by atoms with Crippen molar-refractivity contribution in [1.29, 1.82) is 0 Å². The molecule has 4 aromatic carbocycles. The second kappa shape index (κ2) is 16.0. The van der Waals surface area contributed by atoms with Crippen LogP contribution >= 0.6 is 39.1 Å². The van der Waals surface area contributed by atoms with Gasteiger partial charge in [-0.3, -0.25) is 13.9 Å². The van der Waals surface area contributed by atoms with E-state index in [4.69, 9.17) is 23.2 Å². The van der Waals surface area contributed by atoms with Crippen LogP contribution in [0, 0.1) is 6.92 Å². The van der Waals surface area contributed by atoms with Crippen LogP contribution in [0.15, 0.2) is 106 Å². The van der Waals surface area contributed by atoms with E-state index < -0.39 is 28.5 Å². The molecule has 0 aliphatic heterocycles. The Balaban J connectivity index is 1.83. The van der Waals surface area contributed by atoms with E-state index in [1.165, 1.54) is 17.0 Å². The van der Waals surface area contributed by atoms with Crippen molar-refractivity contribution in [3.8, 4) is 0 Å². The highest BCUT2D eigenvalue weighted by molar-refractivity contribution is 9.10. The molecule has 0 bridgehead atoms. The molecule has 2 atom stereocenters. The summed E-state index contributed by atoms with van der Waals surface area (Å²) in [7, 11) is -4.21. The highest BCUT2D eigenvalue weighted by Crippen LogP contribution is 2.29. The Morgan fingerprint density at radius 2 is 1.61 bits per heavy atom.